The monoisotopic (exact) mass is 420 g/mol. The first-order chi connectivity index (χ1) is 15.1. The number of para-hydroxylation sites is 1. The van der Waals surface area contributed by atoms with Crippen molar-refractivity contribution < 1.29 is 14.3 Å². The van der Waals surface area contributed by atoms with E-state index in [4.69, 9.17) is 4.74 Å². The largest absolute Gasteiger partial charge is 0.465 e. The normalized spacial score (nSPS) is 16.1. The average Bonchev–Trinajstić information content (AvgIpc) is 3.33. The number of hydrogen-bond donors (Lipinski definition) is 1. The third kappa shape index (κ3) is 4.25. The predicted molar refractivity (Wildman–Crippen MR) is 114 cm³/mol. The van der Waals surface area contributed by atoms with Crippen LogP contribution in [0, 0.1) is 6.92 Å². The first-order valence-electron chi connectivity index (χ1n) is 10.1. The summed E-state index contributed by atoms with van der Waals surface area (Å²) in [5, 5.41) is 11.7. The molecule has 9 nitrogen and oxygen atoms in total. The van der Waals surface area contributed by atoms with E-state index in [9.17, 15) is 9.59 Å². The first-order valence-corrected chi connectivity index (χ1v) is 10.1. The van der Waals surface area contributed by atoms with Crippen LogP contribution in [0.15, 0.2) is 48.9 Å². The number of hydrogen-bond acceptors (Lipinski definition) is 7. The lowest BCUT2D eigenvalue weighted by Gasteiger charge is -2.34. The van der Waals surface area contributed by atoms with E-state index < -0.39 is 5.97 Å². The van der Waals surface area contributed by atoms with E-state index in [0.29, 0.717) is 35.7 Å². The summed E-state index contributed by atoms with van der Waals surface area (Å²) >= 11 is 0. The summed E-state index contributed by atoms with van der Waals surface area (Å²) in [6.45, 7) is 3.00. The van der Waals surface area contributed by atoms with Gasteiger partial charge >= 0.3 is 5.97 Å². The molecule has 1 N–H and O–H groups in total. The van der Waals surface area contributed by atoms with Crippen LogP contribution in [0.25, 0.3) is 5.69 Å². The molecule has 1 aromatic carbocycles. The van der Waals surface area contributed by atoms with Gasteiger partial charge in [0.1, 0.15) is 11.4 Å². The third-order valence-corrected chi connectivity index (χ3v) is 5.37. The summed E-state index contributed by atoms with van der Waals surface area (Å²) < 4.78 is 4.92. The number of esters is 1. The SMILES string of the molecule is COC(=O)c1c(C)ccnc1NC1CCCN(C(=O)c2ccccc2-n2nccn2)C1. The summed E-state index contributed by atoms with van der Waals surface area (Å²) in [4.78, 5) is 33.2. The van der Waals surface area contributed by atoms with Crippen molar-refractivity contribution in [3.8, 4) is 5.69 Å². The zero-order valence-electron chi connectivity index (χ0n) is 17.5. The third-order valence-electron chi connectivity index (χ3n) is 5.37. The van der Waals surface area contributed by atoms with Crippen molar-refractivity contribution in [2.45, 2.75) is 25.8 Å². The van der Waals surface area contributed by atoms with Crippen molar-refractivity contribution in [2.24, 2.45) is 0 Å². The molecule has 4 rings (SSSR count). The Bertz CT molecular complexity index is 1080. The molecular weight excluding hydrogens is 396 g/mol. The number of methoxy groups -OCH3 is 1. The number of carbonyl (C=O) groups is 2. The molecule has 3 aromatic rings. The fourth-order valence-corrected chi connectivity index (χ4v) is 3.84. The molecule has 1 saturated heterocycles. The maximum Gasteiger partial charge on any atom is 0.341 e. The lowest BCUT2D eigenvalue weighted by molar-refractivity contribution is 0.0599. The van der Waals surface area contributed by atoms with Gasteiger partial charge in [0, 0.05) is 25.3 Å². The number of nitrogens with zero attached hydrogens (tertiary/aromatic N) is 5. The van der Waals surface area contributed by atoms with Crippen LogP contribution in [-0.2, 0) is 4.74 Å². The summed E-state index contributed by atoms with van der Waals surface area (Å²) in [6, 6.07) is 9.04. The molecular formula is C22H24N6O3. The van der Waals surface area contributed by atoms with Gasteiger partial charge in [0.25, 0.3) is 5.91 Å². The summed E-state index contributed by atoms with van der Waals surface area (Å²) in [6.07, 6.45) is 6.52. The Morgan fingerprint density at radius 3 is 2.68 bits per heavy atom. The molecule has 2 aromatic heterocycles. The number of ether oxygens (including phenoxy) is 1. The molecule has 1 fully saturated rings. The van der Waals surface area contributed by atoms with E-state index in [1.54, 1.807) is 30.7 Å². The van der Waals surface area contributed by atoms with E-state index in [0.717, 1.165) is 18.4 Å². The highest BCUT2D eigenvalue weighted by atomic mass is 16.5. The van der Waals surface area contributed by atoms with Crippen molar-refractivity contribution in [1.29, 1.82) is 0 Å². The molecule has 1 aliphatic rings. The van der Waals surface area contributed by atoms with E-state index in [2.05, 4.69) is 20.5 Å². The Kier molecular flexibility index (Phi) is 5.92. The summed E-state index contributed by atoms with van der Waals surface area (Å²) in [5.41, 5.74) is 2.39. The number of piperidine rings is 1. The highest BCUT2D eigenvalue weighted by molar-refractivity contribution is 5.98. The van der Waals surface area contributed by atoms with Gasteiger partial charge in [-0.25, -0.2) is 9.78 Å². The highest BCUT2D eigenvalue weighted by Gasteiger charge is 2.28. The number of rotatable bonds is 5. The second-order valence-corrected chi connectivity index (χ2v) is 7.41. The molecule has 0 spiro atoms. The van der Waals surface area contributed by atoms with Gasteiger partial charge in [-0.15, -0.1) is 0 Å². The van der Waals surface area contributed by atoms with Crippen LogP contribution in [0.3, 0.4) is 0 Å². The van der Waals surface area contributed by atoms with Gasteiger partial charge in [-0.2, -0.15) is 15.0 Å². The van der Waals surface area contributed by atoms with E-state index >= 15 is 0 Å². The van der Waals surface area contributed by atoms with Crippen LogP contribution in [-0.4, -0.2) is 63.0 Å². The van der Waals surface area contributed by atoms with Crippen molar-refractivity contribution >= 4 is 17.7 Å². The number of anilines is 1. The topological polar surface area (TPSA) is 102 Å². The standard InChI is InChI=1S/C22H24N6O3/c1-15-9-10-23-20(19(15)22(30)31-2)26-16-6-5-13-27(14-16)21(29)17-7-3-4-8-18(17)28-24-11-12-25-28/h3-4,7-12,16H,5-6,13-14H2,1-2H3,(H,23,26). The zero-order valence-corrected chi connectivity index (χ0v) is 17.5. The van der Waals surface area contributed by atoms with Crippen LogP contribution in [0.2, 0.25) is 0 Å². The highest BCUT2D eigenvalue weighted by Crippen LogP contribution is 2.23. The van der Waals surface area contributed by atoms with Crippen LogP contribution in [0.4, 0.5) is 5.82 Å². The molecule has 1 unspecified atom stereocenters. The molecule has 0 radical (unpaired) electrons. The number of aryl methyl sites for hydroxylation is 1. The van der Waals surface area contributed by atoms with Crippen LogP contribution >= 0.6 is 0 Å². The minimum Gasteiger partial charge on any atom is -0.465 e. The van der Waals surface area contributed by atoms with E-state index in [1.165, 1.54) is 11.9 Å². The molecule has 1 aliphatic heterocycles. The lowest BCUT2D eigenvalue weighted by atomic mass is 10.0. The van der Waals surface area contributed by atoms with Gasteiger partial charge in [-0.1, -0.05) is 12.1 Å². The van der Waals surface area contributed by atoms with Crippen molar-refractivity contribution in [3.05, 3.63) is 65.6 Å². The molecule has 0 aliphatic carbocycles. The van der Waals surface area contributed by atoms with Gasteiger partial charge < -0.3 is 15.0 Å². The zero-order chi connectivity index (χ0) is 21.8. The first kappa shape index (κ1) is 20.5. The summed E-state index contributed by atoms with van der Waals surface area (Å²) in [5.74, 6) is -0.0328. The maximum absolute atomic E-state index is 13.3. The minimum atomic E-state index is -0.433. The molecule has 9 heteroatoms. The second-order valence-electron chi connectivity index (χ2n) is 7.41. The number of nitrogens with one attached hydrogen (secondary N) is 1. The number of amides is 1. The van der Waals surface area contributed by atoms with Gasteiger partial charge in [-0.3, -0.25) is 4.79 Å². The minimum absolute atomic E-state index is 0.0367. The molecule has 1 amide bonds. The van der Waals surface area contributed by atoms with Gasteiger partial charge in [0.05, 0.1) is 30.8 Å². The molecule has 31 heavy (non-hydrogen) atoms. The second kappa shape index (κ2) is 8.95. The van der Waals surface area contributed by atoms with Gasteiger partial charge in [0.15, 0.2) is 0 Å². The average molecular weight is 420 g/mol. The van der Waals surface area contributed by atoms with Crippen LogP contribution in [0.5, 0.6) is 0 Å². The number of benzene rings is 1. The molecule has 1 atom stereocenters. The smallest absolute Gasteiger partial charge is 0.341 e. The van der Waals surface area contributed by atoms with Crippen LogP contribution in [0.1, 0.15) is 39.1 Å². The Balaban J connectivity index is 1.54. The quantitative estimate of drug-likeness (QED) is 0.633. The van der Waals surface area contributed by atoms with Crippen molar-refractivity contribution in [3.63, 3.8) is 0 Å². The fourth-order valence-electron chi connectivity index (χ4n) is 3.84. The summed E-state index contributed by atoms with van der Waals surface area (Å²) in [7, 11) is 1.35. The molecule has 160 valence electrons. The predicted octanol–water partition coefficient (Wildman–Crippen LogP) is 2.47. The Hall–Kier alpha value is -3.75. The Morgan fingerprint density at radius 2 is 1.90 bits per heavy atom. The molecule has 0 saturated carbocycles. The molecule has 0 bridgehead atoms. The maximum atomic E-state index is 13.3. The lowest BCUT2D eigenvalue weighted by Crippen LogP contribution is -2.45. The Morgan fingerprint density at radius 1 is 1.13 bits per heavy atom. The van der Waals surface area contributed by atoms with Crippen molar-refractivity contribution in [2.75, 3.05) is 25.5 Å². The number of likely N-dealkylation sites (tertiary alicyclic amines) is 1. The number of carbonyl (C=O) groups excluding carboxylic acids is 2. The fraction of sp³-hybridized carbons (Fsp3) is 0.318. The Labute approximate surface area is 180 Å². The van der Waals surface area contributed by atoms with Crippen LogP contribution < -0.4 is 5.32 Å². The van der Waals surface area contributed by atoms with E-state index in [1.807, 2.05) is 30.0 Å². The van der Waals surface area contributed by atoms with Gasteiger partial charge in [-0.05, 0) is 43.5 Å². The van der Waals surface area contributed by atoms with Crippen molar-refractivity contribution in [1.82, 2.24) is 24.9 Å². The number of pyridine rings is 1. The van der Waals surface area contributed by atoms with E-state index in [-0.39, 0.29) is 11.9 Å². The number of aromatic nitrogens is 4. The molecule has 3 heterocycles. The van der Waals surface area contributed by atoms with Gasteiger partial charge in [0.2, 0.25) is 0 Å².